The van der Waals surface area contributed by atoms with Gasteiger partial charge in [-0.2, -0.15) is 0 Å². The molecule has 1 aromatic carbocycles. The predicted molar refractivity (Wildman–Crippen MR) is 82.6 cm³/mol. The van der Waals surface area contributed by atoms with Gasteiger partial charge in [0, 0.05) is 24.1 Å². The molecule has 0 spiro atoms. The van der Waals surface area contributed by atoms with Gasteiger partial charge in [0.2, 0.25) is 5.91 Å². The minimum absolute atomic E-state index is 0.0464. The average molecular weight is 286 g/mol. The Kier molecular flexibility index (Phi) is 4.34. The molecule has 0 aromatic heterocycles. The van der Waals surface area contributed by atoms with Crippen LogP contribution in [0.3, 0.4) is 0 Å². The Hall–Kier alpha value is -1.68. The molecule has 1 unspecified atom stereocenters. The van der Waals surface area contributed by atoms with Crippen molar-refractivity contribution >= 4 is 17.4 Å². The van der Waals surface area contributed by atoms with E-state index >= 15 is 0 Å². The van der Waals surface area contributed by atoms with Gasteiger partial charge in [-0.05, 0) is 62.4 Å². The average Bonchev–Trinajstić information content (AvgIpc) is 2.99. The fraction of sp³-hybridized carbons (Fsp3) is 0.529. The lowest BCUT2D eigenvalue weighted by Gasteiger charge is -2.16. The summed E-state index contributed by atoms with van der Waals surface area (Å²) in [5.74, 6) is 0.871. The molecule has 1 fully saturated rings. The van der Waals surface area contributed by atoms with Gasteiger partial charge in [-0.25, -0.2) is 0 Å². The van der Waals surface area contributed by atoms with Crippen molar-refractivity contribution in [2.45, 2.75) is 38.5 Å². The summed E-state index contributed by atoms with van der Waals surface area (Å²) in [4.78, 5) is 23.9. The number of carbonyl (C=O) groups is 2. The van der Waals surface area contributed by atoms with Crippen molar-refractivity contribution in [1.29, 1.82) is 0 Å². The summed E-state index contributed by atoms with van der Waals surface area (Å²) in [5, 5.41) is 6.24. The van der Waals surface area contributed by atoms with E-state index in [2.05, 4.69) is 10.6 Å². The number of fused-ring (bicyclic) bond motifs is 1. The highest BCUT2D eigenvalue weighted by molar-refractivity contribution is 6.00. The number of aryl methyl sites for hydroxylation is 1. The van der Waals surface area contributed by atoms with Crippen molar-refractivity contribution in [3.63, 3.8) is 0 Å². The van der Waals surface area contributed by atoms with Gasteiger partial charge in [0.15, 0.2) is 5.78 Å². The van der Waals surface area contributed by atoms with Gasteiger partial charge in [-0.3, -0.25) is 9.59 Å². The SMILES string of the molecule is O=C(CCC1CCNC1)Nc1ccc2c(c1)C(=O)CCC2. The Morgan fingerprint density at radius 2 is 2.24 bits per heavy atom. The quantitative estimate of drug-likeness (QED) is 0.894. The summed E-state index contributed by atoms with van der Waals surface area (Å²) >= 11 is 0. The molecule has 112 valence electrons. The number of anilines is 1. The number of hydrogen-bond acceptors (Lipinski definition) is 3. The van der Waals surface area contributed by atoms with E-state index in [1.54, 1.807) is 0 Å². The number of hydrogen-bond donors (Lipinski definition) is 2. The second-order valence-electron chi connectivity index (χ2n) is 6.09. The zero-order valence-electron chi connectivity index (χ0n) is 12.3. The number of benzene rings is 1. The molecule has 1 atom stereocenters. The second kappa shape index (κ2) is 6.39. The highest BCUT2D eigenvalue weighted by Crippen LogP contribution is 2.24. The molecule has 1 amide bonds. The van der Waals surface area contributed by atoms with Crippen LogP contribution in [-0.2, 0) is 11.2 Å². The highest BCUT2D eigenvalue weighted by atomic mass is 16.1. The monoisotopic (exact) mass is 286 g/mol. The Morgan fingerprint density at radius 3 is 3.05 bits per heavy atom. The molecule has 21 heavy (non-hydrogen) atoms. The van der Waals surface area contributed by atoms with Crippen LogP contribution in [-0.4, -0.2) is 24.8 Å². The molecule has 4 heteroatoms. The number of amides is 1. The molecular formula is C17H22N2O2. The van der Waals surface area contributed by atoms with E-state index in [0.29, 0.717) is 18.8 Å². The summed E-state index contributed by atoms with van der Waals surface area (Å²) in [6, 6.07) is 5.72. The van der Waals surface area contributed by atoms with E-state index in [1.165, 1.54) is 6.42 Å². The van der Waals surface area contributed by atoms with Crippen LogP contribution in [0.4, 0.5) is 5.69 Å². The normalized spacial score (nSPS) is 21.1. The fourth-order valence-electron chi connectivity index (χ4n) is 3.23. The van der Waals surface area contributed by atoms with E-state index < -0.39 is 0 Å². The van der Waals surface area contributed by atoms with Gasteiger partial charge < -0.3 is 10.6 Å². The predicted octanol–water partition coefficient (Wildman–Crippen LogP) is 2.53. The standard InChI is InChI=1S/C17H22N2O2/c20-16-3-1-2-13-5-6-14(10-15(13)16)19-17(21)7-4-12-8-9-18-11-12/h5-6,10,12,18H,1-4,7-9,11H2,(H,19,21). The van der Waals surface area contributed by atoms with Crippen LogP contribution in [0.5, 0.6) is 0 Å². The number of rotatable bonds is 4. The van der Waals surface area contributed by atoms with Gasteiger partial charge in [0.1, 0.15) is 0 Å². The first-order chi connectivity index (χ1) is 10.2. The number of ketones is 1. The van der Waals surface area contributed by atoms with Crippen LogP contribution in [0.1, 0.15) is 48.0 Å². The Labute approximate surface area is 125 Å². The smallest absolute Gasteiger partial charge is 0.224 e. The van der Waals surface area contributed by atoms with E-state index in [4.69, 9.17) is 0 Å². The third-order valence-electron chi connectivity index (χ3n) is 4.49. The van der Waals surface area contributed by atoms with Gasteiger partial charge in [-0.15, -0.1) is 0 Å². The van der Waals surface area contributed by atoms with Crippen LogP contribution >= 0.6 is 0 Å². The Morgan fingerprint density at radius 1 is 1.33 bits per heavy atom. The van der Waals surface area contributed by atoms with E-state index in [9.17, 15) is 9.59 Å². The lowest BCUT2D eigenvalue weighted by Crippen LogP contribution is -2.16. The van der Waals surface area contributed by atoms with Crippen LogP contribution in [0.25, 0.3) is 0 Å². The lowest BCUT2D eigenvalue weighted by molar-refractivity contribution is -0.116. The van der Waals surface area contributed by atoms with Crippen molar-refractivity contribution in [2.75, 3.05) is 18.4 Å². The van der Waals surface area contributed by atoms with Gasteiger partial charge in [0.05, 0.1) is 0 Å². The Balaban J connectivity index is 1.58. The summed E-state index contributed by atoms with van der Waals surface area (Å²) in [5.41, 5.74) is 2.65. The molecule has 1 aliphatic carbocycles. The summed E-state index contributed by atoms with van der Waals surface area (Å²) in [6.07, 6.45) is 5.18. The molecule has 0 radical (unpaired) electrons. The number of nitrogens with one attached hydrogen (secondary N) is 2. The lowest BCUT2D eigenvalue weighted by atomic mass is 9.90. The zero-order chi connectivity index (χ0) is 14.7. The van der Waals surface area contributed by atoms with Gasteiger partial charge >= 0.3 is 0 Å². The minimum atomic E-state index is 0.0464. The summed E-state index contributed by atoms with van der Waals surface area (Å²) in [7, 11) is 0. The van der Waals surface area contributed by atoms with Crippen LogP contribution in [0.15, 0.2) is 18.2 Å². The minimum Gasteiger partial charge on any atom is -0.326 e. The fourth-order valence-corrected chi connectivity index (χ4v) is 3.23. The molecule has 2 aliphatic rings. The van der Waals surface area contributed by atoms with Gasteiger partial charge in [0.25, 0.3) is 0 Å². The van der Waals surface area contributed by atoms with E-state index in [1.807, 2.05) is 18.2 Å². The topological polar surface area (TPSA) is 58.2 Å². The first-order valence-corrected chi connectivity index (χ1v) is 7.89. The first-order valence-electron chi connectivity index (χ1n) is 7.89. The van der Waals surface area contributed by atoms with Crippen molar-refractivity contribution in [3.05, 3.63) is 29.3 Å². The van der Waals surface area contributed by atoms with Gasteiger partial charge in [-0.1, -0.05) is 6.07 Å². The largest absolute Gasteiger partial charge is 0.326 e. The maximum Gasteiger partial charge on any atom is 0.224 e. The van der Waals surface area contributed by atoms with E-state index in [0.717, 1.165) is 49.2 Å². The van der Waals surface area contributed by atoms with E-state index in [-0.39, 0.29) is 11.7 Å². The van der Waals surface area contributed by atoms with Crippen LogP contribution < -0.4 is 10.6 Å². The molecule has 4 nitrogen and oxygen atoms in total. The molecule has 1 aromatic rings. The molecule has 0 saturated carbocycles. The molecule has 3 rings (SSSR count). The molecule has 2 N–H and O–H groups in total. The zero-order valence-corrected chi connectivity index (χ0v) is 12.3. The maximum absolute atomic E-state index is 12.0. The summed E-state index contributed by atoms with van der Waals surface area (Å²) in [6.45, 7) is 2.10. The van der Waals surface area contributed by atoms with Crippen LogP contribution in [0.2, 0.25) is 0 Å². The number of carbonyl (C=O) groups excluding carboxylic acids is 2. The highest BCUT2D eigenvalue weighted by Gasteiger charge is 2.18. The maximum atomic E-state index is 12.0. The Bertz CT molecular complexity index is 548. The van der Waals surface area contributed by atoms with Crippen molar-refractivity contribution in [3.8, 4) is 0 Å². The third kappa shape index (κ3) is 3.50. The molecule has 1 heterocycles. The molecule has 1 aliphatic heterocycles. The van der Waals surface area contributed by atoms with Crippen LogP contribution in [0, 0.1) is 5.92 Å². The third-order valence-corrected chi connectivity index (χ3v) is 4.49. The second-order valence-corrected chi connectivity index (χ2v) is 6.09. The molecule has 1 saturated heterocycles. The first kappa shape index (κ1) is 14.3. The van der Waals surface area contributed by atoms with Crippen molar-refractivity contribution < 1.29 is 9.59 Å². The van der Waals surface area contributed by atoms with Crippen molar-refractivity contribution in [1.82, 2.24) is 5.32 Å². The summed E-state index contributed by atoms with van der Waals surface area (Å²) < 4.78 is 0. The molecular weight excluding hydrogens is 264 g/mol. The van der Waals surface area contributed by atoms with Crippen molar-refractivity contribution in [2.24, 2.45) is 5.92 Å². The number of Topliss-reactive ketones (excluding diaryl/α,β-unsaturated/α-hetero) is 1. The molecule has 0 bridgehead atoms.